The third kappa shape index (κ3) is 3.74. The summed E-state index contributed by atoms with van der Waals surface area (Å²) in [6.45, 7) is 0.988. The Bertz CT molecular complexity index is 635. The monoisotopic (exact) mass is 286 g/mol. The van der Waals surface area contributed by atoms with Crippen LogP contribution in [0.4, 0.5) is 0 Å². The van der Waals surface area contributed by atoms with E-state index in [0.717, 1.165) is 23.3 Å². The van der Waals surface area contributed by atoms with E-state index in [4.69, 9.17) is 27.3 Å². The summed E-state index contributed by atoms with van der Waals surface area (Å²) in [5, 5.41) is 9.34. The molecule has 0 heterocycles. The lowest BCUT2D eigenvalue weighted by atomic mass is 10.1. The number of halogens is 1. The second-order valence-corrected chi connectivity index (χ2v) is 4.80. The average molecular weight is 287 g/mol. The lowest BCUT2D eigenvalue weighted by Crippen LogP contribution is -2.03. The van der Waals surface area contributed by atoms with E-state index < -0.39 is 0 Å². The minimum Gasteiger partial charge on any atom is -0.489 e. The van der Waals surface area contributed by atoms with Crippen LogP contribution in [0.25, 0.3) is 0 Å². The molecule has 20 heavy (non-hydrogen) atoms. The lowest BCUT2D eigenvalue weighted by molar-refractivity contribution is 0.306. The molecule has 2 aromatic carbocycles. The van der Waals surface area contributed by atoms with Gasteiger partial charge in [0.1, 0.15) is 12.4 Å². The predicted octanol–water partition coefficient (Wildman–Crippen LogP) is 3.29. The molecule has 0 spiro atoms. The molecule has 0 bridgehead atoms. The Hall–Kier alpha value is -2.02. The highest BCUT2D eigenvalue weighted by Gasteiger charge is 2.03. The van der Waals surface area contributed by atoms with Crippen LogP contribution in [0.15, 0.2) is 42.5 Å². The summed E-state index contributed by atoms with van der Waals surface area (Å²) in [7, 11) is 0. The molecule has 0 radical (unpaired) electrons. The largest absolute Gasteiger partial charge is 0.489 e. The number of nitrogens with zero attached hydrogens (tertiary/aromatic N) is 1. The molecule has 3 nitrogen and oxygen atoms in total. The van der Waals surface area contributed by atoms with Gasteiger partial charge in [0.25, 0.3) is 0 Å². The van der Waals surface area contributed by atoms with Gasteiger partial charge in [-0.25, -0.2) is 0 Å². The molecule has 0 aliphatic heterocycles. The third-order valence-electron chi connectivity index (χ3n) is 2.91. The maximum atomic E-state index is 8.79. The van der Waals surface area contributed by atoms with Gasteiger partial charge in [0.2, 0.25) is 0 Å². The summed E-state index contributed by atoms with van der Waals surface area (Å²) in [6, 6.07) is 15.1. The van der Waals surface area contributed by atoms with Gasteiger partial charge in [-0.1, -0.05) is 29.8 Å². The summed E-state index contributed by atoms with van der Waals surface area (Å²) in [5.41, 5.74) is 8.09. The van der Waals surface area contributed by atoms with E-state index in [9.17, 15) is 0 Å². The Labute approximate surface area is 123 Å². The quantitative estimate of drug-likeness (QED) is 0.917. The summed E-state index contributed by atoms with van der Waals surface area (Å²) >= 11 is 6.11. The van der Waals surface area contributed by atoms with Gasteiger partial charge in [-0.3, -0.25) is 0 Å². The molecule has 0 aliphatic carbocycles. The van der Waals surface area contributed by atoms with Crippen LogP contribution in [0.3, 0.4) is 0 Å². The zero-order valence-electron chi connectivity index (χ0n) is 11.0. The van der Waals surface area contributed by atoms with Crippen LogP contribution in [-0.4, -0.2) is 6.54 Å². The van der Waals surface area contributed by atoms with E-state index in [-0.39, 0.29) is 0 Å². The van der Waals surface area contributed by atoms with E-state index in [1.165, 1.54) is 0 Å². The SMILES string of the molecule is N#Cc1ccc(COc2cccc(CCN)c2)c(Cl)c1. The number of benzene rings is 2. The first kappa shape index (κ1) is 14.4. The first-order valence-electron chi connectivity index (χ1n) is 6.33. The molecule has 0 saturated heterocycles. The van der Waals surface area contributed by atoms with Crippen molar-refractivity contribution in [2.75, 3.05) is 6.54 Å². The second-order valence-electron chi connectivity index (χ2n) is 4.39. The maximum Gasteiger partial charge on any atom is 0.120 e. The Morgan fingerprint density at radius 3 is 2.75 bits per heavy atom. The zero-order chi connectivity index (χ0) is 14.4. The van der Waals surface area contributed by atoms with Crippen LogP contribution in [-0.2, 0) is 13.0 Å². The highest BCUT2D eigenvalue weighted by Crippen LogP contribution is 2.21. The fraction of sp³-hybridized carbons (Fsp3) is 0.188. The molecule has 102 valence electrons. The maximum absolute atomic E-state index is 8.79. The number of ether oxygens (including phenoxy) is 1. The van der Waals surface area contributed by atoms with Gasteiger partial charge in [0.15, 0.2) is 0 Å². The van der Waals surface area contributed by atoms with Crippen molar-refractivity contribution in [2.45, 2.75) is 13.0 Å². The van der Waals surface area contributed by atoms with E-state index in [2.05, 4.69) is 6.07 Å². The molecule has 0 aliphatic rings. The summed E-state index contributed by atoms with van der Waals surface area (Å²) in [5.74, 6) is 0.788. The van der Waals surface area contributed by atoms with Crippen molar-refractivity contribution in [1.29, 1.82) is 5.26 Å². The van der Waals surface area contributed by atoms with Crippen molar-refractivity contribution < 1.29 is 4.74 Å². The third-order valence-corrected chi connectivity index (χ3v) is 3.26. The Kier molecular flexibility index (Phi) is 5.00. The lowest BCUT2D eigenvalue weighted by Gasteiger charge is -2.09. The van der Waals surface area contributed by atoms with Gasteiger partial charge in [0.05, 0.1) is 11.6 Å². The number of nitriles is 1. The minimum atomic E-state index is 0.372. The number of hydrogen-bond donors (Lipinski definition) is 1. The van der Waals surface area contributed by atoms with Crippen molar-refractivity contribution in [3.05, 3.63) is 64.2 Å². The van der Waals surface area contributed by atoms with Crippen molar-refractivity contribution >= 4 is 11.6 Å². The van der Waals surface area contributed by atoms with E-state index in [1.54, 1.807) is 12.1 Å². The van der Waals surface area contributed by atoms with Crippen molar-refractivity contribution in [3.63, 3.8) is 0 Å². The van der Waals surface area contributed by atoms with E-state index >= 15 is 0 Å². The normalized spacial score (nSPS) is 10.1. The number of hydrogen-bond acceptors (Lipinski definition) is 3. The Balaban J connectivity index is 2.05. The Morgan fingerprint density at radius 2 is 2.05 bits per heavy atom. The van der Waals surface area contributed by atoms with Crippen LogP contribution in [0, 0.1) is 11.3 Å². The molecular formula is C16H15ClN2O. The number of rotatable bonds is 5. The minimum absolute atomic E-state index is 0.372. The van der Waals surface area contributed by atoms with Crippen molar-refractivity contribution in [3.8, 4) is 11.8 Å². The standard InChI is InChI=1S/C16H15ClN2O/c17-16-9-13(10-19)4-5-14(16)11-20-15-3-1-2-12(8-15)6-7-18/h1-5,8-9H,6-7,11,18H2. The molecule has 0 unspecified atom stereocenters. The molecule has 0 saturated carbocycles. The topological polar surface area (TPSA) is 59.0 Å². The highest BCUT2D eigenvalue weighted by molar-refractivity contribution is 6.31. The van der Waals surface area contributed by atoms with Crippen LogP contribution in [0.5, 0.6) is 5.75 Å². The molecule has 0 amide bonds. The summed E-state index contributed by atoms with van der Waals surface area (Å²) in [6.07, 6.45) is 0.828. The summed E-state index contributed by atoms with van der Waals surface area (Å²) < 4.78 is 5.73. The van der Waals surface area contributed by atoms with Gasteiger partial charge in [-0.15, -0.1) is 0 Å². The fourth-order valence-electron chi connectivity index (χ4n) is 1.85. The first-order valence-corrected chi connectivity index (χ1v) is 6.71. The van der Waals surface area contributed by atoms with Crippen molar-refractivity contribution in [1.82, 2.24) is 0 Å². The molecule has 0 aromatic heterocycles. The summed E-state index contributed by atoms with van der Waals surface area (Å²) in [4.78, 5) is 0. The number of nitrogens with two attached hydrogens (primary N) is 1. The van der Waals surface area contributed by atoms with Crippen LogP contribution < -0.4 is 10.5 Å². The smallest absolute Gasteiger partial charge is 0.120 e. The second kappa shape index (κ2) is 6.95. The average Bonchev–Trinajstić information content (AvgIpc) is 2.46. The Morgan fingerprint density at radius 1 is 1.20 bits per heavy atom. The van der Waals surface area contributed by atoms with Crippen LogP contribution in [0.1, 0.15) is 16.7 Å². The van der Waals surface area contributed by atoms with E-state index in [0.29, 0.717) is 23.7 Å². The van der Waals surface area contributed by atoms with Crippen LogP contribution >= 0.6 is 11.6 Å². The molecule has 0 fully saturated rings. The van der Waals surface area contributed by atoms with Crippen molar-refractivity contribution in [2.24, 2.45) is 5.73 Å². The molecule has 4 heteroatoms. The van der Waals surface area contributed by atoms with Gasteiger partial charge in [-0.2, -0.15) is 5.26 Å². The zero-order valence-corrected chi connectivity index (χ0v) is 11.7. The molecule has 2 N–H and O–H groups in total. The predicted molar refractivity (Wildman–Crippen MR) is 79.7 cm³/mol. The van der Waals surface area contributed by atoms with Gasteiger partial charge in [-0.05, 0) is 42.8 Å². The van der Waals surface area contributed by atoms with Gasteiger partial charge in [0, 0.05) is 10.6 Å². The van der Waals surface area contributed by atoms with Gasteiger partial charge >= 0.3 is 0 Å². The molecule has 2 aromatic rings. The molecule has 0 atom stereocenters. The van der Waals surface area contributed by atoms with Gasteiger partial charge < -0.3 is 10.5 Å². The van der Waals surface area contributed by atoms with Crippen LogP contribution in [0.2, 0.25) is 5.02 Å². The first-order chi connectivity index (χ1) is 9.72. The highest BCUT2D eigenvalue weighted by atomic mass is 35.5. The van der Waals surface area contributed by atoms with E-state index in [1.807, 2.05) is 30.3 Å². The molecular weight excluding hydrogens is 272 g/mol. The molecule has 2 rings (SSSR count). The fourth-order valence-corrected chi connectivity index (χ4v) is 2.09.